The topological polar surface area (TPSA) is 210 Å². The van der Waals surface area contributed by atoms with Crippen molar-refractivity contribution in [2.75, 3.05) is 6.54 Å². The Labute approximate surface area is 352 Å². The zero-order valence-corrected chi connectivity index (χ0v) is 35.8. The molecule has 2 aliphatic carbocycles. The number of ether oxygens (including phenoxy) is 2. The zero-order valence-electron chi connectivity index (χ0n) is 35.0. The van der Waals surface area contributed by atoms with E-state index in [1.165, 1.54) is 25.1 Å². The SMILES string of the molecule is CC[C@@H]1CCCCCC(F)(F)c2nc3ccc(C#N)cc3nc2O[C@H]2CN(C(=O)[C@H](C(C)(C)C)NC(=O)O1)[C@H](C(=O)N[C@]1(C(=O)NS(=O)(=O)C3(C)CC3)C[C@H]1C(F)F)[C@@H]2CC. The molecular weight excluding hydrogens is 827 g/mol. The number of carbonyl (C=O) groups excluding carboxylic acids is 4. The molecule has 3 heterocycles. The zero-order chi connectivity index (χ0) is 44.9. The van der Waals surface area contributed by atoms with Crippen LogP contribution in [-0.4, -0.2) is 94.6 Å². The lowest BCUT2D eigenvalue weighted by Crippen LogP contribution is -2.61. The van der Waals surface area contributed by atoms with Crippen molar-refractivity contribution in [1.29, 1.82) is 5.26 Å². The first-order valence-corrected chi connectivity index (χ1v) is 22.2. The van der Waals surface area contributed by atoms with E-state index in [0.717, 1.165) is 4.90 Å². The van der Waals surface area contributed by atoms with Gasteiger partial charge in [-0.25, -0.2) is 32.0 Å². The van der Waals surface area contributed by atoms with Crippen LogP contribution in [0.25, 0.3) is 11.0 Å². The predicted molar refractivity (Wildman–Crippen MR) is 212 cm³/mol. The van der Waals surface area contributed by atoms with Crippen molar-refractivity contribution < 1.29 is 54.6 Å². The fourth-order valence-corrected chi connectivity index (χ4v) is 9.54. The van der Waals surface area contributed by atoms with E-state index in [0.29, 0.717) is 25.7 Å². The molecule has 0 spiro atoms. The van der Waals surface area contributed by atoms with Gasteiger partial charge in [0, 0.05) is 12.3 Å². The summed E-state index contributed by atoms with van der Waals surface area (Å²) in [5.41, 5.74) is -3.94. The third kappa shape index (κ3) is 9.22. The number of nitrogens with zero attached hydrogens (tertiary/aromatic N) is 4. The number of alkyl carbamates (subject to hydrolysis) is 1. The molecule has 4 amide bonds. The monoisotopic (exact) mass is 879 g/mol. The lowest BCUT2D eigenvalue weighted by atomic mass is 9.85. The summed E-state index contributed by atoms with van der Waals surface area (Å²) in [5, 5.41) is 14.6. The molecule has 7 atom stereocenters. The van der Waals surface area contributed by atoms with E-state index in [1.54, 1.807) is 34.6 Å². The number of amides is 4. The van der Waals surface area contributed by atoms with Gasteiger partial charge >= 0.3 is 6.09 Å². The number of carbonyl (C=O) groups is 4. The maximum absolute atomic E-state index is 16.4. The van der Waals surface area contributed by atoms with E-state index in [-0.39, 0.29) is 42.3 Å². The summed E-state index contributed by atoms with van der Waals surface area (Å²) >= 11 is 0. The van der Waals surface area contributed by atoms with Gasteiger partial charge in [-0.2, -0.15) is 14.0 Å². The molecule has 3 N–H and O–H groups in total. The fraction of sp³-hybridized carbons (Fsp3) is 0.683. The van der Waals surface area contributed by atoms with E-state index in [1.807, 2.05) is 10.8 Å². The number of hydrogen-bond donors (Lipinski definition) is 3. The van der Waals surface area contributed by atoms with Gasteiger partial charge in [0.2, 0.25) is 34.1 Å². The maximum atomic E-state index is 16.4. The van der Waals surface area contributed by atoms with Gasteiger partial charge in [-0.15, -0.1) is 0 Å². The first kappa shape index (κ1) is 45.7. The quantitative estimate of drug-likeness (QED) is 0.278. The number of aromatic nitrogens is 2. The first-order valence-electron chi connectivity index (χ1n) is 20.7. The summed E-state index contributed by atoms with van der Waals surface area (Å²) in [6.07, 6.45) is -5.19. The van der Waals surface area contributed by atoms with Crippen LogP contribution in [0.3, 0.4) is 0 Å². The number of cyclic esters (lactones) is 1. The Morgan fingerprint density at radius 3 is 2.34 bits per heavy atom. The number of nitriles is 1. The molecule has 15 nitrogen and oxygen atoms in total. The van der Waals surface area contributed by atoms with Crippen molar-refractivity contribution >= 4 is 44.9 Å². The summed E-state index contributed by atoms with van der Waals surface area (Å²) in [6, 6.07) is 3.11. The maximum Gasteiger partial charge on any atom is 0.408 e. The third-order valence-electron chi connectivity index (χ3n) is 12.5. The van der Waals surface area contributed by atoms with Crippen LogP contribution in [0, 0.1) is 28.6 Å². The molecule has 1 aromatic carbocycles. The number of benzene rings is 1. The molecule has 0 unspecified atom stereocenters. The van der Waals surface area contributed by atoms with Crippen LogP contribution in [0.4, 0.5) is 22.4 Å². The molecule has 0 radical (unpaired) electrons. The van der Waals surface area contributed by atoms with Crippen LogP contribution in [0.15, 0.2) is 18.2 Å². The lowest BCUT2D eigenvalue weighted by molar-refractivity contribution is -0.144. The summed E-state index contributed by atoms with van der Waals surface area (Å²) in [6.45, 7) is 9.30. The van der Waals surface area contributed by atoms with Gasteiger partial charge in [-0.05, 0) is 81.9 Å². The Morgan fingerprint density at radius 2 is 1.75 bits per heavy atom. The van der Waals surface area contributed by atoms with Gasteiger partial charge in [-0.3, -0.25) is 19.1 Å². The fourth-order valence-electron chi connectivity index (χ4n) is 8.23. The highest BCUT2D eigenvalue weighted by Gasteiger charge is 2.68. The van der Waals surface area contributed by atoms with Crippen LogP contribution < -0.4 is 20.1 Å². The number of nitrogens with one attached hydrogen (secondary N) is 3. The molecule has 3 fully saturated rings. The Balaban J connectivity index is 1.45. The number of hydrogen-bond acceptors (Lipinski definition) is 11. The molecule has 2 saturated carbocycles. The minimum absolute atomic E-state index is 0.0237. The largest absolute Gasteiger partial charge is 0.471 e. The molecule has 1 aromatic heterocycles. The molecule has 20 heteroatoms. The number of rotatable bonds is 8. The van der Waals surface area contributed by atoms with Crippen LogP contribution in [0.2, 0.25) is 0 Å². The number of halogens is 4. The highest BCUT2D eigenvalue weighted by Crippen LogP contribution is 2.50. The highest BCUT2D eigenvalue weighted by molar-refractivity contribution is 7.91. The smallest absolute Gasteiger partial charge is 0.408 e. The van der Waals surface area contributed by atoms with Crippen molar-refractivity contribution in [3.63, 3.8) is 0 Å². The molecule has 1 saturated heterocycles. The molecule has 6 rings (SSSR count). The second-order valence-electron chi connectivity index (χ2n) is 18.0. The van der Waals surface area contributed by atoms with Crippen molar-refractivity contribution in [2.45, 2.75) is 153 Å². The average Bonchev–Trinajstić information content (AvgIpc) is 4.09. The van der Waals surface area contributed by atoms with Gasteiger partial charge in [0.1, 0.15) is 29.8 Å². The molecule has 2 aliphatic heterocycles. The van der Waals surface area contributed by atoms with Gasteiger partial charge in [-0.1, -0.05) is 41.0 Å². The van der Waals surface area contributed by atoms with Gasteiger partial charge in [0.25, 0.3) is 11.8 Å². The predicted octanol–water partition coefficient (Wildman–Crippen LogP) is 5.60. The molecule has 2 aromatic rings. The first-order chi connectivity index (χ1) is 28.5. The summed E-state index contributed by atoms with van der Waals surface area (Å²) in [4.78, 5) is 66.4. The average molecular weight is 880 g/mol. The third-order valence-corrected chi connectivity index (χ3v) is 14.7. The van der Waals surface area contributed by atoms with Gasteiger partial charge in [0.15, 0.2) is 5.69 Å². The molecule has 2 bridgehead atoms. The number of fused-ring (bicyclic) bond motifs is 4. The van der Waals surface area contributed by atoms with Crippen LogP contribution in [0.5, 0.6) is 5.88 Å². The van der Waals surface area contributed by atoms with Crippen molar-refractivity contribution in [3.05, 3.63) is 29.5 Å². The second kappa shape index (κ2) is 16.8. The Bertz CT molecular complexity index is 2210. The number of alkyl halides is 4. The molecular formula is C41H53F4N7O8S. The Kier molecular flexibility index (Phi) is 12.6. The summed E-state index contributed by atoms with van der Waals surface area (Å²) < 4.78 is 100. The second-order valence-corrected chi connectivity index (χ2v) is 20.2. The van der Waals surface area contributed by atoms with Gasteiger partial charge < -0.3 is 25.0 Å². The Hall–Kier alpha value is -4.80. The Morgan fingerprint density at radius 1 is 1.05 bits per heavy atom. The minimum Gasteiger partial charge on any atom is -0.471 e. The highest BCUT2D eigenvalue weighted by atomic mass is 32.2. The number of sulfonamides is 1. The molecule has 4 aliphatic rings. The lowest BCUT2D eigenvalue weighted by Gasteiger charge is -2.36. The van der Waals surface area contributed by atoms with E-state index >= 15 is 8.78 Å². The van der Waals surface area contributed by atoms with Crippen molar-refractivity contribution in [1.82, 2.24) is 30.2 Å². The van der Waals surface area contributed by atoms with E-state index in [2.05, 4.69) is 20.6 Å². The van der Waals surface area contributed by atoms with E-state index in [4.69, 9.17) is 9.47 Å². The van der Waals surface area contributed by atoms with Crippen LogP contribution in [0.1, 0.15) is 117 Å². The van der Waals surface area contributed by atoms with E-state index < -0.39 is 129 Å². The normalized spacial score (nSPS) is 29.2. The van der Waals surface area contributed by atoms with Crippen molar-refractivity contribution in [3.8, 4) is 11.9 Å². The van der Waals surface area contributed by atoms with Crippen LogP contribution in [-0.2, 0) is 35.1 Å². The standard InChI is InChI=1S/C41H53F4N7O8S/c1-7-23-12-10-9-11-15-41(44,45)30-34(48-27-18-22(20-46)13-14-26(27)47-30)60-28-21-52(35(54)31(38(3,4)5)49-37(56)59-23)29(24(28)8-2)33(53)50-40(19-25(40)32(42)43)36(55)51-61(57,58)39(6)16-17-39/h13-14,18,23-25,28-29,31-32H,7-12,15-17,19,21H2,1-6H3,(H,49,56)(H,50,53)(H,51,55)/t23-,24-,25+,28+,29+,31-,40-/m1/s1. The summed E-state index contributed by atoms with van der Waals surface area (Å²) in [5.74, 6) is -10.4. The minimum atomic E-state index is -4.33. The van der Waals surface area contributed by atoms with Crippen LogP contribution >= 0.6 is 0 Å². The van der Waals surface area contributed by atoms with Crippen molar-refractivity contribution in [2.24, 2.45) is 17.3 Å². The molecule has 61 heavy (non-hydrogen) atoms. The van der Waals surface area contributed by atoms with Gasteiger partial charge in [0.05, 0.1) is 39.9 Å². The molecule has 334 valence electrons. The van der Waals surface area contributed by atoms with E-state index in [9.17, 15) is 41.6 Å². The summed E-state index contributed by atoms with van der Waals surface area (Å²) in [7, 11) is -4.33.